The smallest absolute Gasteiger partial charge is 0.325 e. The van der Waals surface area contributed by atoms with Crippen LogP contribution in [0.2, 0.25) is 0 Å². The Morgan fingerprint density at radius 2 is 2.31 bits per heavy atom. The monoisotopic (exact) mass is 230 g/mol. The summed E-state index contributed by atoms with van der Waals surface area (Å²) in [6, 6.07) is -0.471. The number of hydrogen-bond donors (Lipinski definition) is 1. The summed E-state index contributed by atoms with van der Waals surface area (Å²) in [5.74, 6) is -0.442. The van der Waals surface area contributed by atoms with Crippen LogP contribution in [0.3, 0.4) is 0 Å². The third-order valence-corrected chi connectivity index (χ3v) is 2.43. The highest BCUT2D eigenvalue weighted by molar-refractivity contribution is 5.80. The Hall–Kier alpha value is -1.14. The van der Waals surface area contributed by atoms with Crippen LogP contribution in [0.25, 0.3) is 0 Å². The van der Waals surface area contributed by atoms with Gasteiger partial charge >= 0.3 is 5.97 Å². The molecule has 16 heavy (non-hydrogen) atoms. The van der Waals surface area contributed by atoms with Gasteiger partial charge in [0.05, 0.1) is 26.9 Å². The van der Waals surface area contributed by atoms with Gasteiger partial charge in [0.15, 0.2) is 0 Å². The van der Waals surface area contributed by atoms with Crippen molar-refractivity contribution in [3.8, 4) is 0 Å². The Kier molecular flexibility index (Phi) is 5.21. The number of rotatable bonds is 4. The summed E-state index contributed by atoms with van der Waals surface area (Å²) in [6.45, 7) is 4.04. The van der Waals surface area contributed by atoms with Gasteiger partial charge in [-0.15, -0.1) is 0 Å². The van der Waals surface area contributed by atoms with Crippen molar-refractivity contribution in [3.05, 3.63) is 0 Å². The molecule has 0 aromatic rings. The molecule has 0 aromatic heterocycles. The zero-order valence-electron chi connectivity index (χ0n) is 9.69. The second-order valence-electron chi connectivity index (χ2n) is 3.54. The summed E-state index contributed by atoms with van der Waals surface area (Å²) in [7, 11) is 1.33. The summed E-state index contributed by atoms with van der Waals surface area (Å²) >= 11 is 0. The molecular formula is C10H18N2O4. The first kappa shape index (κ1) is 12.9. The first-order valence-electron chi connectivity index (χ1n) is 5.35. The molecule has 0 saturated carbocycles. The number of likely N-dealkylation sites (N-methyl/N-ethyl adjacent to an activating group) is 1. The van der Waals surface area contributed by atoms with Gasteiger partial charge < -0.3 is 14.8 Å². The summed E-state index contributed by atoms with van der Waals surface area (Å²) < 4.78 is 9.87. The lowest BCUT2D eigenvalue weighted by molar-refractivity contribution is -0.154. The molecule has 1 fully saturated rings. The average molecular weight is 230 g/mol. The van der Waals surface area contributed by atoms with Crippen molar-refractivity contribution in [1.82, 2.24) is 10.2 Å². The fourth-order valence-corrected chi connectivity index (χ4v) is 1.62. The van der Waals surface area contributed by atoms with E-state index < -0.39 is 6.04 Å². The molecule has 0 bridgehead atoms. The molecule has 1 amide bonds. The standard InChI is InChI=1S/C10H18N2O4/c1-3-11-9(13)6-12-4-5-16-7-8(12)10(14)15-2/h8H,3-7H2,1-2H3,(H,11,13). The number of morpholine rings is 1. The molecule has 6 heteroatoms. The van der Waals surface area contributed by atoms with Gasteiger partial charge in [-0.2, -0.15) is 0 Å². The van der Waals surface area contributed by atoms with Gasteiger partial charge in [0.1, 0.15) is 6.04 Å². The minimum absolute atomic E-state index is 0.0849. The van der Waals surface area contributed by atoms with Gasteiger partial charge in [0, 0.05) is 13.1 Å². The summed E-state index contributed by atoms with van der Waals surface area (Å²) in [5, 5.41) is 2.70. The second-order valence-corrected chi connectivity index (χ2v) is 3.54. The van der Waals surface area contributed by atoms with Gasteiger partial charge in [-0.25, -0.2) is 0 Å². The molecule has 1 N–H and O–H groups in total. The van der Waals surface area contributed by atoms with Crippen molar-refractivity contribution < 1.29 is 19.1 Å². The minimum Gasteiger partial charge on any atom is -0.468 e. The second kappa shape index (κ2) is 6.44. The van der Waals surface area contributed by atoms with Crippen LogP contribution in [0.4, 0.5) is 0 Å². The van der Waals surface area contributed by atoms with Gasteiger partial charge in [0.25, 0.3) is 0 Å². The number of nitrogens with zero attached hydrogens (tertiary/aromatic N) is 1. The molecule has 0 aliphatic carbocycles. The van der Waals surface area contributed by atoms with Crippen molar-refractivity contribution in [2.75, 3.05) is 40.0 Å². The summed E-state index contributed by atoms with van der Waals surface area (Å²) in [5.41, 5.74) is 0. The molecule has 1 rings (SSSR count). The van der Waals surface area contributed by atoms with Crippen LogP contribution < -0.4 is 5.32 Å². The molecule has 0 spiro atoms. The third kappa shape index (κ3) is 3.46. The molecule has 92 valence electrons. The van der Waals surface area contributed by atoms with E-state index in [1.807, 2.05) is 6.92 Å². The predicted octanol–water partition coefficient (Wildman–Crippen LogP) is -1.00. The lowest BCUT2D eigenvalue weighted by Gasteiger charge is -2.32. The van der Waals surface area contributed by atoms with E-state index in [1.165, 1.54) is 7.11 Å². The van der Waals surface area contributed by atoms with Crippen molar-refractivity contribution in [2.24, 2.45) is 0 Å². The van der Waals surface area contributed by atoms with Crippen LogP contribution >= 0.6 is 0 Å². The minimum atomic E-state index is -0.471. The maximum absolute atomic E-state index is 11.4. The first-order valence-corrected chi connectivity index (χ1v) is 5.35. The highest BCUT2D eigenvalue weighted by atomic mass is 16.5. The van der Waals surface area contributed by atoms with Crippen LogP contribution in [0.1, 0.15) is 6.92 Å². The number of methoxy groups -OCH3 is 1. The Morgan fingerprint density at radius 3 is 2.94 bits per heavy atom. The van der Waals surface area contributed by atoms with E-state index >= 15 is 0 Å². The van der Waals surface area contributed by atoms with Crippen molar-refractivity contribution >= 4 is 11.9 Å². The van der Waals surface area contributed by atoms with E-state index in [0.717, 1.165) is 0 Å². The highest BCUT2D eigenvalue weighted by Crippen LogP contribution is 2.07. The van der Waals surface area contributed by atoms with E-state index in [4.69, 9.17) is 4.74 Å². The number of esters is 1. The fourth-order valence-electron chi connectivity index (χ4n) is 1.62. The molecule has 0 radical (unpaired) electrons. The lowest BCUT2D eigenvalue weighted by atomic mass is 10.2. The van der Waals surface area contributed by atoms with Crippen LogP contribution in [-0.2, 0) is 19.1 Å². The topological polar surface area (TPSA) is 67.9 Å². The molecule has 1 saturated heterocycles. The van der Waals surface area contributed by atoms with E-state index in [-0.39, 0.29) is 25.0 Å². The first-order chi connectivity index (χ1) is 7.69. The van der Waals surface area contributed by atoms with Crippen LogP contribution in [0.15, 0.2) is 0 Å². The maximum Gasteiger partial charge on any atom is 0.325 e. The third-order valence-electron chi connectivity index (χ3n) is 2.43. The molecule has 1 heterocycles. The molecule has 6 nitrogen and oxygen atoms in total. The Morgan fingerprint density at radius 1 is 1.56 bits per heavy atom. The van der Waals surface area contributed by atoms with Crippen LogP contribution in [-0.4, -0.2) is 62.8 Å². The average Bonchev–Trinajstić information content (AvgIpc) is 2.29. The van der Waals surface area contributed by atoms with Crippen LogP contribution in [0, 0.1) is 0 Å². The van der Waals surface area contributed by atoms with Crippen molar-refractivity contribution in [3.63, 3.8) is 0 Å². The van der Waals surface area contributed by atoms with Gasteiger partial charge in [-0.3, -0.25) is 14.5 Å². The zero-order valence-corrected chi connectivity index (χ0v) is 9.69. The van der Waals surface area contributed by atoms with E-state index in [0.29, 0.717) is 19.7 Å². The molecule has 1 aliphatic heterocycles. The van der Waals surface area contributed by atoms with E-state index in [9.17, 15) is 9.59 Å². The van der Waals surface area contributed by atoms with Crippen molar-refractivity contribution in [1.29, 1.82) is 0 Å². The normalized spacial score (nSPS) is 21.5. The van der Waals surface area contributed by atoms with Gasteiger partial charge in [-0.1, -0.05) is 0 Å². The number of carbonyl (C=O) groups is 2. The number of carbonyl (C=O) groups excluding carboxylic acids is 2. The number of nitrogens with one attached hydrogen (secondary N) is 1. The van der Waals surface area contributed by atoms with Crippen molar-refractivity contribution in [2.45, 2.75) is 13.0 Å². The summed E-state index contributed by atoms with van der Waals surface area (Å²) in [6.07, 6.45) is 0. The number of ether oxygens (including phenoxy) is 2. The number of hydrogen-bond acceptors (Lipinski definition) is 5. The van der Waals surface area contributed by atoms with E-state index in [2.05, 4.69) is 10.1 Å². The molecule has 0 aromatic carbocycles. The Bertz CT molecular complexity index is 257. The van der Waals surface area contributed by atoms with Gasteiger partial charge in [0.2, 0.25) is 5.91 Å². The SMILES string of the molecule is CCNC(=O)CN1CCOCC1C(=O)OC. The largest absolute Gasteiger partial charge is 0.468 e. The molecule has 1 aliphatic rings. The van der Waals surface area contributed by atoms with Crippen LogP contribution in [0.5, 0.6) is 0 Å². The molecular weight excluding hydrogens is 212 g/mol. The molecule has 1 atom stereocenters. The highest BCUT2D eigenvalue weighted by Gasteiger charge is 2.31. The Labute approximate surface area is 94.9 Å². The van der Waals surface area contributed by atoms with Gasteiger partial charge in [-0.05, 0) is 6.92 Å². The predicted molar refractivity (Wildman–Crippen MR) is 56.9 cm³/mol. The zero-order chi connectivity index (χ0) is 12.0. The summed E-state index contributed by atoms with van der Waals surface area (Å²) in [4.78, 5) is 24.6. The van der Waals surface area contributed by atoms with E-state index in [1.54, 1.807) is 4.90 Å². The molecule has 1 unspecified atom stereocenters. The number of amides is 1. The fraction of sp³-hybridized carbons (Fsp3) is 0.800. The quantitative estimate of drug-likeness (QED) is 0.627. The maximum atomic E-state index is 11.4. The lowest BCUT2D eigenvalue weighted by Crippen LogP contribution is -2.53. The Balaban J connectivity index is 2.53.